The lowest BCUT2D eigenvalue weighted by Crippen LogP contribution is -2.23. The third kappa shape index (κ3) is 3.17. The molecule has 4 heteroatoms. The van der Waals surface area contributed by atoms with E-state index in [1.807, 2.05) is 42.5 Å². The number of aromatic nitrogens is 2. The fourth-order valence-electron chi connectivity index (χ4n) is 1.57. The SMILES string of the molecule is C[n+]1ccn(CCN=Cc2ccccc2O)c1. The second kappa shape index (κ2) is 5.30. The Bertz CT molecular complexity index is 517. The fraction of sp³-hybridized carbons (Fsp3) is 0.231. The number of phenolic OH excluding ortho intramolecular Hbond substituents is 1. The first kappa shape index (κ1) is 11.4. The fourth-order valence-corrected chi connectivity index (χ4v) is 1.57. The molecule has 0 saturated heterocycles. The molecule has 17 heavy (non-hydrogen) atoms. The number of rotatable bonds is 4. The number of aryl methyl sites for hydroxylation is 1. The Morgan fingerprint density at radius 1 is 1.41 bits per heavy atom. The molecular weight excluding hydrogens is 214 g/mol. The molecule has 0 spiro atoms. The first-order valence-electron chi connectivity index (χ1n) is 5.54. The number of benzene rings is 1. The molecule has 1 N–H and O–H groups in total. The normalized spacial score (nSPS) is 11.1. The van der Waals surface area contributed by atoms with E-state index in [0.29, 0.717) is 6.54 Å². The van der Waals surface area contributed by atoms with Crippen molar-refractivity contribution in [1.82, 2.24) is 4.57 Å². The van der Waals surface area contributed by atoms with Crippen molar-refractivity contribution < 1.29 is 9.67 Å². The minimum absolute atomic E-state index is 0.267. The molecular formula is C13H16N3O+. The van der Waals surface area contributed by atoms with Gasteiger partial charge in [0.05, 0.1) is 13.6 Å². The second-order valence-electron chi connectivity index (χ2n) is 3.91. The zero-order chi connectivity index (χ0) is 12.1. The lowest BCUT2D eigenvalue weighted by atomic mass is 10.2. The van der Waals surface area contributed by atoms with Crippen LogP contribution in [0, 0.1) is 0 Å². The van der Waals surface area contributed by atoms with Gasteiger partial charge in [-0.25, -0.2) is 9.13 Å². The van der Waals surface area contributed by atoms with Gasteiger partial charge in [0.1, 0.15) is 24.7 Å². The molecule has 0 aliphatic heterocycles. The minimum atomic E-state index is 0.267. The summed E-state index contributed by atoms with van der Waals surface area (Å²) in [6.07, 6.45) is 7.72. The molecule has 88 valence electrons. The molecule has 1 aromatic carbocycles. The van der Waals surface area contributed by atoms with Gasteiger partial charge in [-0.1, -0.05) is 12.1 Å². The average Bonchev–Trinajstić information content (AvgIpc) is 2.73. The highest BCUT2D eigenvalue weighted by atomic mass is 16.3. The van der Waals surface area contributed by atoms with Gasteiger partial charge in [0.15, 0.2) is 0 Å². The summed E-state index contributed by atoms with van der Waals surface area (Å²) in [4.78, 5) is 4.29. The van der Waals surface area contributed by atoms with Crippen LogP contribution >= 0.6 is 0 Å². The van der Waals surface area contributed by atoms with Crippen LogP contribution in [0.2, 0.25) is 0 Å². The zero-order valence-corrected chi connectivity index (χ0v) is 9.82. The van der Waals surface area contributed by atoms with Gasteiger partial charge >= 0.3 is 0 Å². The van der Waals surface area contributed by atoms with Crippen LogP contribution in [0.25, 0.3) is 0 Å². The molecule has 0 unspecified atom stereocenters. The number of hydrogen-bond acceptors (Lipinski definition) is 2. The molecule has 0 bridgehead atoms. The summed E-state index contributed by atoms with van der Waals surface area (Å²) in [6.45, 7) is 1.54. The van der Waals surface area contributed by atoms with Crippen LogP contribution in [-0.4, -0.2) is 22.4 Å². The number of aromatic hydroxyl groups is 1. The Kier molecular flexibility index (Phi) is 3.55. The highest BCUT2D eigenvalue weighted by Gasteiger charge is 1.98. The van der Waals surface area contributed by atoms with E-state index >= 15 is 0 Å². The monoisotopic (exact) mass is 230 g/mol. The van der Waals surface area contributed by atoms with Crippen molar-refractivity contribution in [3.63, 3.8) is 0 Å². The molecule has 0 atom stereocenters. The lowest BCUT2D eigenvalue weighted by Gasteiger charge is -1.96. The van der Waals surface area contributed by atoms with Crippen molar-refractivity contribution >= 4 is 6.21 Å². The molecule has 0 aliphatic carbocycles. The molecule has 0 aliphatic rings. The summed E-state index contributed by atoms with van der Waals surface area (Å²) < 4.78 is 4.06. The molecule has 0 fully saturated rings. The van der Waals surface area contributed by atoms with Crippen LogP contribution in [0.3, 0.4) is 0 Å². The number of nitrogens with zero attached hydrogens (tertiary/aromatic N) is 3. The maximum Gasteiger partial charge on any atom is 0.243 e. The predicted octanol–water partition coefficient (Wildman–Crippen LogP) is 1.14. The van der Waals surface area contributed by atoms with Crippen LogP contribution in [0.5, 0.6) is 5.75 Å². The van der Waals surface area contributed by atoms with Gasteiger partial charge in [0.2, 0.25) is 6.33 Å². The molecule has 1 heterocycles. The van der Waals surface area contributed by atoms with Crippen molar-refractivity contribution in [3.8, 4) is 5.75 Å². The van der Waals surface area contributed by atoms with Gasteiger partial charge in [-0.3, -0.25) is 4.99 Å². The van der Waals surface area contributed by atoms with E-state index in [0.717, 1.165) is 12.1 Å². The standard InChI is InChI=1S/C13H15N3O/c1-15-8-9-16(11-15)7-6-14-10-12-4-2-3-5-13(12)17/h2-5,8-11H,6-7H2,1H3/p+1. The van der Waals surface area contributed by atoms with Gasteiger partial charge in [-0.05, 0) is 12.1 Å². The number of aliphatic imine (C=N–C) groups is 1. The van der Waals surface area contributed by atoms with E-state index in [-0.39, 0.29) is 5.75 Å². The van der Waals surface area contributed by atoms with Crippen molar-refractivity contribution in [1.29, 1.82) is 0 Å². The molecule has 2 aromatic rings. The quantitative estimate of drug-likeness (QED) is 0.621. The van der Waals surface area contributed by atoms with Crippen LogP contribution < -0.4 is 4.57 Å². The van der Waals surface area contributed by atoms with Crippen molar-refractivity contribution in [2.75, 3.05) is 6.54 Å². The van der Waals surface area contributed by atoms with E-state index in [1.54, 1.807) is 18.3 Å². The number of para-hydroxylation sites is 1. The predicted molar refractivity (Wildman–Crippen MR) is 66.2 cm³/mol. The molecule has 2 rings (SSSR count). The molecule has 0 amide bonds. The van der Waals surface area contributed by atoms with Crippen LogP contribution in [0.1, 0.15) is 5.56 Å². The Labute approximate surface area is 100 Å². The zero-order valence-electron chi connectivity index (χ0n) is 9.82. The number of phenols is 1. The first-order valence-corrected chi connectivity index (χ1v) is 5.54. The second-order valence-corrected chi connectivity index (χ2v) is 3.91. The van der Waals surface area contributed by atoms with E-state index in [1.165, 1.54) is 0 Å². The van der Waals surface area contributed by atoms with Gasteiger partial charge in [0.25, 0.3) is 0 Å². The van der Waals surface area contributed by atoms with Crippen LogP contribution in [-0.2, 0) is 13.6 Å². The van der Waals surface area contributed by atoms with E-state index in [2.05, 4.69) is 9.56 Å². The summed E-state index contributed by atoms with van der Waals surface area (Å²) >= 11 is 0. The number of imidazole rings is 1. The first-order chi connectivity index (χ1) is 8.25. The summed E-state index contributed by atoms with van der Waals surface area (Å²) in [5.41, 5.74) is 0.755. The highest BCUT2D eigenvalue weighted by molar-refractivity contribution is 5.83. The topological polar surface area (TPSA) is 41.4 Å². The van der Waals surface area contributed by atoms with Crippen molar-refractivity contribution in [3.05, 3.63) is 48.5 Å². The van der Waals surface area contributed by atoms with Gasteiger partial charge in [-0.2, -0.15) is 0 Å². The third-order valence-electron chi connectivity index (χ3n) is 2.48. The summed E-state index contributed by atoms with van der Waals surface area (Å²) in [6, 6.07) is 7.18. The summed E-state index contributed by atoms with van der Waals surface area (Å²) in [7, 11) is 1.99. The molecule has 0 saturated carbocycles. The summed E-state index contributed by atoms with van der Waals surface area (Å²) in [5.74, 6) is 0.267. The van der Waals surface area contributed by atoms with Gasteiger partial charge < -0.3 is 5.11 Å². The minimum Gasteiger partial charge on any atom is -0.507 e. The Morgan fingerprint density at radius 2 is 2.24 bits per heavy atom. The van der Waals surface area contributed by atoms with E-state index in [9.17, 15) is 5.11 Å². The molecule has 4 nitrogen and oxygen atoms in total. The smallest absolute Gasteiger partial charge is 0.243 e. The van der Waals surface area contributed by atoms with E-state index in [4.69, 9.17) is 0 Å². The average molecular weight is 230 g/mol. The van der Waals surface area contributed by atoms with Crippen LogP contribution in [0.4, 0.5) is 0 Å². The van der Waals surface area contributed by atoms with Crippen LogP contribution in [0.15, 0.2) is 48.0 Å². The lowest BCUT2D eigenvalue weighted by molar-refractivity contribution is -0.671. The largest absolute Gasteiger partial charge is 0.507 e. The third-order valence-corrected chi connectivity index (χ3v) is 2.48. The highest BCUT2D eigenvalue weighted by Crippen LogP contribution is 2.12. The van der Waals surface area contributed by atoms with Gasteiger partial charge in [-0.15, -0.1) is 0 Å². The maximum absolute atomic E-state index is 9.53. The Morgan fingerprint density at radius 3 is 2.94 bits per heavy atom. The number of hydrogen-bond donors (Lipinski definition) is 1. The Hall–Kier alpha value is -2.10. The van der Waals surface area contributed by atoms with Gasteiger partial charge in [0, 0.05) is 11.8 Å². The Balaban J connectivity index is 1.88. The maximum atomic E-state index is 9.53. The van der Waals surface area contributed by atoms with Crippen molar-refractivity contribution in [2.24, 2.45) is 12.0 Å². The molecule has 1 aromatic heterocycles. The van der Waals surface area contributed by atoms with E-state index < -0.39 is 0 Å². The summed E-state index contributed by atoms with van der Waals surface area (Å²) in [5, 5.41) is 9.53. The molecule has 0 radical (unpaired) electrons. The van der Waals surface area contributed by atoms with Crippen molar-refractivity contribution in [2.45, 2.75) is 6.54 Å².